The number of anilines is 1. The number of carbonyl (C=O) groups is 1. The third-order valence-corrected chi connectivity index (χ3v) is 6.09. The molecule has 9 heteroatoms. The average molecular weight is 432 g/mol. The normalized spacial score (nSPS) is 15.3. The number of aromatic nitrogens is 2. The fourth-order valence-electron chi connectivity index (χ4n) is 3.24. The molecule has 0 unspecified atom stereocenters. The summed E-state index contributed by atoms with van der Waals surface area (Å²) in [5.74, 6) is 0.584. The van der Waals surface area contributed by atoms with Crippen molar-refractivity contribution in [2.75, 3.05) is 38.1 Å². The Morgan fingerprint density at radius 2 is 1.97 bits per heavy atom. The van der Waals surface area contributed by atoms with E-state index in [2.05, 4.69) is 44.5 Å². The van der Waals surface area contributed by atoms with Gasteiger partial charge in [0.2, 0.25) is 11.8 Å². The zero-order chi connectivity index (χ0) is 20.2. The highest BCUT2D eigenvalue weighted by molar-refractivity contribution is 7.17. The molecule has 0 aliphatic carbocycles. The molecule has 152 valence electrons. The maximum Gasteiger partial charge on any atom is 0.261 e. The summed E-state index contributed by atoms with van der Waals surface area (Å²) in [5, 5.41) is 10.9. The van der Waals surface area contributed by atoms with E-state index < -0.39 is 0 Å². The molecule has 29 heavy (non-hydrogen) atoms. The topological polar surface area (TPSA) is 74.5 Å². The van der Waals surface area contributed by atoms with Crippen LogP contribution >= 0.6 is 22.9 Å². The maximum atomic E-state index is 12.1. The van der Waals surface area contributed by atoms with Crippen LogP contribution in [0.3, 0.4) is 0 Å². The van der Waals surface area contributed by atoms with Crippen LogP contribution in [0.5, 0.6) is 0 Å². The Bertz CT molecular complexity index is 971. The predicted octanol–water partition coefficient (Wildman–Crippen LogP) is 3.52. The van der Waals surface area contributed by atoms with Gasteiger partial charge in [0, 0.05) is 30.9 Å². The number of likely N-dealkylation sites (N-methyl/N-ethyl adjacent to an activating group) is 1. The Morgan fingerprint density at radius 1 is 1.14 bits per heavy atom. The third kappa shape index (κ3) is 4.95. The van der Waals surface area contributed by atoms with E-state index in [1.807, 2.05) is 12.1 Å². The number of amides is 1. The highest BCUT2D eigenvalue weighted by atomic mass is 35.5. The first-order valence-electron chi connectivity index (χ1n) is 9.48. The molecule has 3 heterocycles. The van der Waals surface area contributed by atoms with Crippen molar-refractivity contribution in [1.82, 2.24) is 20.4 Å². The van der Waals surface area contributed by atoms with Crippen LogP contribution < -0.4 is 10.2 Å². The summed E-state index contributed by atoms with van der Waals surface area (Å²) in [5.41, 5.74) is 2.06. The molecule has 0 bridgehead atoms. The van der Waals surface area contributed by atoms with Crippen molar-refractivity contribution in [2.24, 2.45) is 0 Å². The third-order valence-electron chi connectivity index (χ3n) is 4.86. The lowest BCUT2D eigenvalue weighted by atomic mass is 10.2. The second-order valence-electron chi connectivity index (χ2n) is 6.98. The fourth-order valence-corrected chi connectivity index (χ4v) is 4.20. The molecule has 7 nitrogen and oxygen atoms in total. The second kappa shape index (κ2) is 8.94. The highest BCUT2D eigenvalue weighted by Gasteiger charge is 2.15. The van der Waals surface area contributed by atoms with Gasteiger partial charge in [-0.1, -0.05) is 11.6 Å². The largest absolute Gasteiger partial charge is 0.419 e. The Morgan fingerprint density at radius 3 is 2.72 bits per heavy atom. The number of hydrogen-bond donors (Lipinski definition) is 1. The molecule has 0 saturated carbocycles. The van der Waals surface area contributed by atoms with Crippen LogP contribution in [0.15, 0.2) is 40.8 Å². The summed E-state index contributed by atoms with van der Waals surface area (Å²) >= 11 is 7.09. The van der Waals surface area contributed by atoms with Gasteiger partial charge in [-0.2, -0.15) is 0 Å². The summed E-state index contributed by atoms with van der Waals surface area (Å²) in [6.45, 7) is 4.45. The molecule has 1 saturated heterocycles. The number of nitrogens with one attached hydrogen (secondary N) is 1. The molecular formula is C20H22ClN5O2S. The zero-order valence-electron chi connectivity index (χ0n) is 16.1. The number of rotatable bonds is 5. The number of nitrogens with zero attached hydrogens (tertiary/aromatic N) is 4. The van der Waals surface area contributed by atoms with E-state index in [1.165, 1.54) is 17.0 Å². The minimum atomic E-state index is -0.214. The monoisotopic (exact) mass is 431 g/mol. The summed E-state index contributed by atoms with van der Waals surface area (Å²) < 4.78 is 6.28. The van der Waals surface area contributed by atoms with E-state index >= 15 is 0 Å². The molecule has 0 atom stereocenters. The van der Waals surface area contributed by atoms with Gasteiger partial charge < -0.3 is 19.5 Å². The lowest BCUT2D eigenvalue weighted by molar-refractivity contribution is 0.0951. The van der Waals surface area contributed by atoms with Crippen molar-refractivity contribution < 1.29 is 9.21 Å². The summed E-state index contributed by atoms with van der Waals surface area (Å²) in [6, 6.07) is 11.5. The molecule has 1 aliphatic rings. The van der Waals surface area contributed by atoms with Gasteiger partial charge in [0.05, 0.1) is 15.8 Å². The lowest BCUT2D eigenvalue weighted by Crippen LogP contribution is -2.28. The van der Waals surface area contributed by atoms with E-state index in [9.17, 15) is 4.79 Å². The first-order chi connectivity index (χ1) is 14.1. The lowest BCUT2D eigenvalue weighted by Gasteiger charge is -2.22. The number of halogens is 1. The number of thiophene rings is 1. The number of carbonyl (C=O) groups excluding carboxylic acids is 1. The van der Waals surface area contributed by atoms with E-state index in [1.54, 1.807) is 12.1 Å². The van der Waals surface area contributed by atoms with E-state index in [-0.39, 0.29) is 12.5 Å². The first-order valence-corrected chi connectivity index (χ1v) is 10.7. The van der Waals surface area contributed by atoms with Gasteiger partial charge in [0.25, 0.3) is 5.91 Å². The van der Waals surface area contributed by atoms with Crippen LogP contribution in [0.1, 0.15) is 22.0 Å². The van der Waals surface area contributed by atoms with Crippen LogP contribution in [-0.2, 0) is 6.54 Å². The summed E-state index contributed by atoms with van der Waals surface area (Å²) in [7, 11) is 2.16. The molecule has 0 radical (unpaired) electrons. The SMILES string of the molecule is CN1CCCN(c2ccc(-c3nnc(CNC(=O)c4ccc(Cl)s4)o3)cc2)CC1. The molecule has 1 amide bonds. The minimum Gasteiger partial charge on any atom is -0.419 e. The Balaban J connectivity index is 1.37. The van der Waals surface area contributed by atoms with E-state index in [0.717, 1.165) is 38.2 Å². The standard InChI is InChI=1S/C20H22ClN5O2S/c1-25-9-2-10-26(12-11-25)15-5-3-14(4-6-15)20-24-23-18(28-20)13-22-19(27)16-7-8-17(21)29-16/h3-8H,2,9-13H2,1H3,(H,22,27). The van der Waals surface area contributed by atoms with Crippen molar-refractivity contribution in [3.05, 3.63) is 51.5 Å². The van der Waals surface area contributed by atoms with Crippen molar-refractivity contribution in [2.45, 2.75) is 13.0 Å². The molecular weight excluding hydrogens is 410 g/mol. The molecule has 1 aromatic carbocycles. The number of hydrogen-bond acceptors (Lipinski definition) is 7. The van der Waals surface area contributed by atoms with Gasteiger partial charge in [-0.05, 0) is 56.4 Å². The van der Waals surface area contributed by atoms with E-state index in [4.69, 9.17) is 16.0 Å². The molecule has 1 aliphatic heterocycles. The molecule has 2 aromatic heterocycles. The predicted molar refractivity (Wildman–Crippen MR) is 115 cm³/mol. The van der Waals surface area contributed by atoms with Gasteiger partial charge in [-0.3, -0.25) is 4.79 Å². The average Bonchev–Trinajstić information content (AvgIpc) is 3.32. The van der Waals surface area contributed by atoms with Crippen molar-refractivity contribution >= 4 is 34.5 Å². The van der Waals surface area contributed by atoms with Gasteiger partial charge in [0.15, 0.2) is 0 Å². The Kier molecular flexibility index (Phi) is 6.13. The van der Waals surface area contributed by atoms with Crippen LogP contribution in [0, 0.1) is 0 Å². The van der Waals surface area contributed by atoms with E-state index in [0.29, 0.717) is 21.0 Å². The Hall–Kier alpha value is -2.42. The highest BCUT2D eigenvalue weighted by Crippen LogP contribution is 2.24. The molecule has 1 fully saturated rings. The van der Waals surface area contributed by atoms with Gasteiger partial charge in [-0.25, -0.2) is 0 Å². The smallest absolute Gasteiger partial charge is 0.261 e. The minimum absolute atomic E-state index is 0.167. The molecule has 4 rings (SSSR count). The van der Waals surface area contributed by atoms with Crippen LogP contribution in [0.4, 0.5) is 5.69 Å². The van der Waals surface area contributed by atoms with Gasteiger partial charge in [0.1, 0.15) is 0 Å². The zero-order valence-corrected chi connectivity index (χ0v) is 17.7. The van der Waals surface area contributed by atoms with Crippen LogP contribution in [0.25, 0.3) is 11.5 Å². The van der Waals surface area contributed by atoms with Crippen LogP contribution in [-0.4, -0.2) is 54.2 Å². The molecule has 0 spiro atoms. The molecule has 3 aromatic rings. The van der Waals surface area contributed by atoms with Crippen molar-refractivity contribution in [3.8, 4) is 11.5 Å². The Labute approximate surface area is 178 Å². The first kappa shape index (κ1) is 19.9. The van der Waals surface area contributed by atoms with Gasteiger partial charge in [-0.15, -0.1) is 21.5 Å². The van der Waals surface area contributed by atoms with Gasteiger partial charge >= 0.3 is 0 Å². The van der Waals surface area contributed by atoms with Crippen LogP contribution in [0.2, 0.25) is 4.34 Å². The quantitative estimate of drug-likeness (QED) is 0.666. The fraction of sp³-hybridized carbons (Fsp3) is 0.350. The molecule has 1 N–H and O–H groups in total. The second-order valence-corrected chi connectivity index (χ2v) is 8.69. The van der Waals surface area contributed by atoms with Crippen molar-refractivity contribution in [1.29, 1.82) is 0 Å². The van der Waals surface area contributed by atoms with Crippen molar-refractivity contribution in [3.63, 3.8) is 0 Å². The summed E-state index contributed by atoms with van der Waals surface area (Å²) in [6.07, 6.45) is 1.16. The number of benzene rings is 1. The maximum absolute atomic E-state index is 12.1. The summed E-state index contributed by atoms with van der Waals surface area (Å²) in [4.78, 5) is 17.4.